The number of benzene rings is 8. The third-order valence-electron chi connectivity index (χ3n) is 11.8. The van der Waals surface area contributed by atoms with Crippen LogP contribution in [-0.2, 0) is 0 Å². The van der Waals surface area contributed by atoms with Crippen LogP contribution in [0.1, 0.15) is 28.9 Å². The Hall–Kier alpha value is -7.34. The normalized spacial score (nSPS) is 15.9. The Labute approximate surface area is 328 Å². The molecule has 3 aromatic heterocycles. The highest BCUT2D eigenvalue weighted by Crippen LogP contribution is 2.44. The van der Waals surface area contributed by atoms with E-state index < -0.39 is 0 Å². The number of furan rings is 1. The maximum Gasteiger partial charge on any atom is 0.145 e. The van der Waals surface area contributed by atoms with E-state index in [1.807, 2.05) is 6.07 Å². The molecule has 0 spiro atoms. The third-order valence-corrected chi connectivity index (χ3v) is 11.8. The van der Waals surface area contributed by atoms with E-state index in [1.165, 1.54) is 27.4 Å². The van der Waals surface area contributed by atoms with E-state index in [9.17, 15) is 0 Å². The first kappa shape index (κ1) is 32.0. The molecule has 0 saturated heterocycles. The van der Waals surface area contributed by atoms with Gasteiger partial charge in [0.15, 0.2) is 0 Å². The van der Waals surface area contributed by atoms with Crippen LogP contribution in [0, 0.1) is 0 Å². The highest BCUT2D eigenvalue weighted by molar-refractivity contribution is 6.26. The molecule has 0 amide bonds. The average molecular weight is 733 g/mol. The van der Waals surface area contributed by atoms with Crippen LogP contribution in [0.3, 0.4) is 0 Å². The van der Waals surface area contributed by atoms with Gasteiger partial charge < -0.3 is 18.9 Å². The molecule has 5 nitrogen and oxygen atoms in total. The van der Waals surface area contributed by atoms with E-state index in [-0.39, 0.29) is 12.2 Å². The molecular formula is C52H36N4O. The average Bonchev–Trinajstić information content (AvgIpc) is 3.93. The Morgan fingerprint density at radius 2 is 1.09 bits per heavy atom. The van der Waals surface area contributed by atoms with E-state index in [2.05, 4.69) is 208 Å². The van der Waals surface area contributed by atoms with E-state index in [0.717, 1.165) is 71.9 Å². The van der Waals surface area contributed by atoms with Crippen molar-refractivity contribution in [2.75, 3.05) is 0 Å². The fraction of sp³-hybridized carbons (Fsp3) is 0.0385. The molecule has 2 atom stereocenters. The summed E-state index contributed by atoms with van der Waals surface area (Å²) in [6.07, 6.45) is 2.18. The number of rotatable bonds is 5. The lowest BCUT2D eigenvalue weighted by atomic mass is 9.98. The Morgan fingerprint density at radius 3 is 1.93 bits per heavy atom. The topological polar surface area (TPSA) is 47.1 Å². The summed E-state index contributed by atoms with van der Waals surface area (Å²) in [5.41, 5.74) is 13.3. The van der Waals surface area contributed by atoms with E-state index >= 15 is 0 Å². The smallest absolute Gasteiger partial charge is 0.145 e. The van der Waals surface area contributed by atoms with Crippen LogP contribution in [0.25, 0.3) is 82.6 Å². The molecule has 0 bridgehead atoms. The molecule has 0 radical (unpaired) electrons. The fourth-order valence-corrected chi connectivity index (χ4v) is 9.19. The van der Waals surface area contributed by atoms with Crippen molar-refractivity contribution in [3.63, 3.8) is 0 Å². The second-order valence-corrected chi connectivity index (χ2v) is 15.0. The minimum absolute atomic E-state index is 0.0369. The number of hydrogen-bond donors (Lipinski definition) is 2. The van der Waals surface area contributed by atoms with Gasteiger partial charge in [0, 0.05) is 44.0 Å². The first-order valence-corrected chi connectivity index (χ1v) is 19.6. The lowest BCUT2D eigenvalue weighted by molar-refractivity contribution is 0.442. The van der Waals surface area contributed by atoms with Gasteiger partial charge in [0.2, 0.25) is 0 Å². The Morgan fingerprint density at radius 1 is 0.439 bits per heavy atom. The van der Waals surface area contributed by atoms with E-state index in [4.69, 9.17) is 4.42 Å². The van der Waals surface area contributed by atoms with Crippen LogP contribution >= 0.6 is 0 Å². The van der Waals surface area contributed by atoms with Gasteiger partial charge in [-0.1, -0.05) is 127 Å². The van der Waals surface area contributed by atoms with Crippen molar-refractivity contribution in [1.29, 1.82) is 0 Å². The summed E-state index contributed by atoms with van der Waals surface area (Å²) < 4.78 is 11.6. The second kappa shape index (κ2) is 12.6. The van der Waals surface area contributed by atoms with Crippen LogP contribution in [0.5, 0.6) is 0 Å². The minimum Gasteiger partial charge on any atom is -0.455 e. The fourth-order valence-electron chi connectivity index (χ4n) is 9.19. The molecule has 0 aliphatic carbocycles. The molecule has 1 aliphatic heterocycles. The number of nitrogens with zero attached hydrogens (tertiary/aromatic N) is 2. The quantitative estimate of drug-likeness (QED) is 0.185. The number of para-hydroxylation sites is 3. The molecule has 12 rings (SSSR count). The summed E-state index contributed by atoms with van der Waals surface area (Å²) >= 11 is 0. The summed E-state index contributed by atoms with van der Waals surface area (Å²) in [5, 5.41) is 14.7. The summed E-state index contributed by atoms with van der Waals surface area (Å²) in [6, 6.07) is 67.4. The van der Waals surface area contributed by atoms with Crippen molar-refractivity contribution in [1.82, 2.24) is 19.8 Å². The van der Waals surface area contributed by atoms with Gasteiger partial charge in [-0.05, 0) is 83.4 Å². The Kier molecular flexibility index (Phi) is 7.06. The zero-order chi connectivity index (χ0) is 37.5. The summed E-state index contributed by atoms with van der Waals surface area (Å²) in [6.45, 7) is 0. The molecule has 270 valence electrons. The molecule has 5 heteroatoms. The zero-order valence-electron chi connectivity index (χ0n) is 30.9. The van der Waals surface area contributed by atoms with Gasteiger partial charge in [-0.3, -0.25) is 5.32 Å². The van der Waals surface area contributed by atoms with Crippen LogP contribution in [-0.4, -0.2) is 9.13 Å². The van der Waals surface area contributed by atoms with Gasteiger partial charge in [0.25, 0.3) is 0 Å². The Balaban J connectivity index is 1.09. The summed E-state index contributed by atoms with van der Waals surface area (Å²) in [5.74, 6) is 0. The molecule has 8 aromatic carbocycles. The lowest BCUT2D eigenvalue weighted by Crippen LogP contribution is -2.39. The van der Waals surface area contributed by atoms with Gasteiger partial charge in [-0.2, -0.15) is 0 Å². The molecular weight excluding hydrogens is 697 g/mol. The third kappa shape index (κ3) is 4.99. The summed E-state index contributed by atoms with van der Waals surface area (Å²) in [7, 11) is 0. The van der Waals surface area contributed by atoms with Crippen molar-refractivity contribution in [3.05, 3.63) is 211 Å². The molecule has 11 aromatic rings. The van der Waals surface area contributed by atoms with E-state index in [1.54, 1.807) is 0 Å². The highest BCUT2D eigenvalue weighted by Gasteiger charge is 2.26. The predicted molar refractivity (Wildman–Crippen MR) is 235 cm³/mol. The molecule has 4 heterocycles. The number of nitrogens with one attached hydrogen (secondary N) is 2. The standard InChI is InChI=1S/C52H36N4O/c1-4-15-33(16-5-1)43-32-44(34-17-6-2-7-18-34)54-52(53-43)35-19-14-22-37(29-35)56-45-25-12-10-23-38(45)41-30-48-42(31-47(41)56)50-46(55(48)36-20-8-3-9-21-36)28-27-40-39-24-11-13-26-49(39)57-51(40)50/h1-32,43,52-54H. The van der Waals surface area contributed by atoms with Crippen LogP contribution < -0.4 is 10.6 Å². The molecule has 1 aliphatic rings. The van der Waals surface area contributed by atoms with Gasteiger partial charge >= 0.3 is 0 Å². The lowest BCUT2D eigenvalue weighted by Gasteiger charge is -2.33. The number of hydrogen-bond acceptors (Lipinski definition) is 3. The maximum absolute atomic E-state index is 6.73. The molecule has 2 N–H and O–H groups in total. The first-order chi connectivity index (χ1) is 28.3. The van der Waals surface area contributed by atoms with Crippen molar-refractivity contribution in [2.45, 2.75) is 12.2 Å². The van der Waals surface area contributed by atoms with Gasteiger partial charge in [0.1, 0.15) is 17.3 Å². The maximum atomic E-state index is 6.73. The van der Waals surface area contributed by atoms with Gasteiger partial charge in [-0.25, -0.2) is 0 Å². The van der Waals surface area contributed by atoms with Crippen molar-refractivity contribution >= 4 is 71.2 Å². The number of fused-ring (bicyclic) bond motifs is 10. The molecule has 2 unspecified atom stereocenters. The van der Waals surface area contributed by atoms with Crippen LogP contribution in [0.15, 0.2) is 199 Å². The number of aromatic nitrogens is 2. The minimum atomic E-state index is -0.125. The van der Waals surface area contributed by atoms with Gasteiger partial charge in [0.05, 0.1) is 33.5 Å². The summed E-state index contributed by atoms with van der Waals surface area (Å²) in [4.78, 5) is 0. The predicted octanol–water partition coefficient (Wildman–Crippen LogP) is 12.8. The highest BCUT2D eigenvalue weighted by atomic mass is 16.3. The molecule has 57 heavy (non-hydrogen) atoms. The molecule has 0 saturated carbocycles. The van der Waals surface area contributed by atoms with Crippen LogP contribution in [0.4, 0.5) is 0 Å². The SMILES string of the molecule is C1=C(c2ccccc2)NC(c2cccc(-n3c4ccccc4c4cc5c(cc43)c3c4oc6ccccc6c4ccc3n5-c3ccccc3)c2)NC1c1ccccc1. The largest absolute Gasteiger partial charge is 0.455 e. The van der Waals surface area contributed by atoms with Crippen molar-refractivity contribution in [3.8, 4) is 11.4 Å². The zero-order valence-corrected chi connectivity index (χ0v) is 30.9. The monoisotopic (exact) mass is 732 g/mol. The first-order valence-electron chi connectivity index (χ1n) is 19.6. The van der Waals surface area contributed by atoms with E-state index in [0.29, 0.717) is 0 Å². The second-order valence-electron chi connectivity index (χ2n) is 15.0. The van der Waals surface area contributed by atoms with Crippen molar-refractivity contribution < 1.29 is 4.42 Å². The van der Waals surface area contributed by atoms with Crippen molar-refractivity contribution in [2.24, 2.45) is 0 Å². The van der Waals surface area contributed by atoms with Gasteiger partial charge in [-0.15, -0.1) is 0 Å². The molecule has 0 fully saturated rings. The van der Waals surface area contributed by atoms with Crippen LogP contribution in [0.2, 0.25) is 0 Å². The Bertz CT molecular complexity index is 3360.